The molecule has 0 unspecified atom stereocenters. The summed E-state index contributed by atoms with van der Waals surface area (Å²) in [5.41, 5.74) is 0.840. The molecule has 5 heteroatoms. The molecule has 2 aromatic rings. The van der Waals surface area contributed by atoms with Crippen LogP contribution in [0.25, 0.3) is 11.1 Å². The van der Waals surface area contributed by atoms with E-state index < -0.39 is 5.82 Å². The van der Waals surface area contributed by atoms with E-state index in [4.69, 9.17) is 14.2 Å². The van der Waals surface area contributed by atoms with Gasteiger partial charge in [-0.2, -0.15) is 0 Å². The Labute approximate surface area is 116 Å². The van der Waals surface area contributed by atoms with Gasteiger partial charge < -0.3 is 19.3 Å². The number of aromatic hydroxyl groups is 1. The highest BCUT2D eigenvalue weighted by atomic mass is 19.1. The van der Waals surface area contributed by atoms with Gasteiger partial charge >= 0.3 is 0 Å². The summed E-state index contributed by atoms with van der Waals surface area (Å²) < 4.78 is 29.3. The van der Waals surface area contributed by atoms with Gasteiger partial charge in [0.15, 0.2) is 6.79 Å². The highest BCUT2D eigenvalue weighted by Gasteiger charge is 2.13. The minimum absolute atomic E-state index is 0.00202. The number of benzene rings is 2. The monoisotopic (exact) mass is 278 g/mol. The highest BCUT2D eigenvalue weighted by Crippen LogP contribution is 2.36. The van der Waals surface area contributed by atoms with Gasteiger partial charge in [-0.15, -0.1) is 0 Å². The highest BCUT2D eigenvalue weighted by molar-refractivity contribution is 5.73. The average molecular weight is 278 g/mol. The normalized spacial score (nSPS) is 10.3. The molecule has 106 valence electrons. The number of phenols is 1. The lowest BCUT2D eigenvalue weighted by molar-refractivity contribution is 0.0514. The summed E-state index contributed by atoms with van der Waals surface area (Å²) in [6.07, 6.45) is 0. The SMILES string of the molecule is COCOc1cc(O)ccc1-c1cc(OC)ccc1F. The maximum absolute atomic E-state index is 14.0. The van der Waals surface area contributed by atoms with E-state index in [2.05, 4.69) is 0 Å². The first-order valence-electron chi connectivity index (χ1n) is 5.94. The summed E-state index contributed by atoms with van der Waals surface area (Å²) in [6.45, 7) is 0.00202. The van der Waals surface area contributed by atoms with Crippen molar-refractivity contribution in [1.29, 1.82) is 0 Å². The summed E-state index contributed by atoms with van der Waals surface area (Å²) in [6, 6.07) is 8.89. The van der Waals surface area contributed by atoms with Gasteiger partial charge in [0, 0.05) is 24.3 Å². The second kappa shape index (κ2) is 6.25. The van der Waals surface area contributed by atoms with Gasteiger partial charge in [-0.1, -0.05) is 0 Å². The molecule has 1 N–H and O–H groups in total. The maximum Gasteiger partial charge on any atom is 0.188 e. The Kier molecular flexibility index (Phi) is 4.42. The molecule has 0 saturated carbocycles. The van der Waals surface area contributed by atoms with Crippen LogP contribution in [0.2, 0.25) is 0 Å². The topological polar surface area (TPSA) is 47.9 Å². The zero-order chi connectivity index (χ0) is 14.5. The Balaban J connectivity index is 2.50. The number of methoxy groups -OCH3 is 2. The van der Waals surface area contributed by atoms with Crippen LogP contribution < -0.4 is 9.47 Å². The average Bonchev–Trinajstić information content (AvgIpc) is 2.46. The van der Waals surface area contributed by atoms with E-state index in [1.54, 1.807) is 12.1 Å². The van der Waals surface area contributed by atoms with Crippen LogP contribution in [0, 0.1) is 5.82 Å². The predicted molar refractivity (Wildman–Crippen MR) is 72.6 cm³/mol. The molecule has 0 spiro atoms. The maximum atomic E-state index is 14.0. The lowest BCUT2D eigenvalue weighted by atomic mass is 10.0. The van der Waals surface area contributed by atoms with Crippen LogP contribution in [-0.2, 0) is 4.74 Å². The fraction of sp³-hybridized carbons (Fsp3) is 0.200. The second-order valence-electron chi connectivity index (χ2n) is 4.08. The molecule has 0 saturated heterocycles. The number of halogens is 1. The third-order valence-corrected chi connectivity index (χ3v) is 2.76. The van der Waals surface area contributed by atoms with Gasteiger partial charge in [-0.25, -0.2) is 4.39 Å². The third-order valence-electron chi connectivity index (χ3n) is 2.76. The van der Waals surface area contributed by atoms with Crippen molar-refractivity contribution in [1.82, 2.24) is 0 Å². The number of hydrogen-bond donors (Lipinski definition) is 1. The van der Waals surface area contributed by atoms with Crippen molar-refractivity contribution in [3.05, 3.63) is 42.2 Å². The molecule has 0 radical (unpaired) electrons. The van der Waals surface area contributed by atoms with E-state index in [9.17, 15) is 9.50 Å². The van der Waals surface area contributed by atoms with E-state index in [0.717, 1.165) is 0 Å². The van der Waals surface area contributed by atoms with Gasteiger partial charge in [0.25, 0.3) is 0 Å². The smallest absolute Gasteiger partial charge is 0.188 e. The lowest BCUT2D eigenvalue weighted by Gasteiger charge is -2.13. The van der Waals surface area contributed by atoms with Crippen LogP contribution in [0.4, 0.5) is 4.39 Å². The van der Waals surface area contributed by atoms with Crippen molar-refractivity contribution in [3.8, 4) is 28.4 Å². The molecule has 20 heavy (non-hydrogen) atoms. The van der Waals surface area contributed by atoms with Gasteiger partial charge in [-0.05, 0) is 30.3 Å². The minimum Gasteiger partial charge on any atom is -0.508 e. The summed E-state index contributed by atoms with van der Waals surface area (Å²) in [7, 11) is 2.99. The molecule has 0 aromatic heterocycles. The van der Waals surface area contributed by atoms with Crippen LogP contribution in [0.15, 0.2) is 36.4 Å². The zero-order valence-electron chi connectivity index (χ0n) is 11.2. The largest absolute Gasteiger partial charge is 0.508 e. The fourth-order valence-corrected chi connectivity index (χ4v) is 1.81. The molecule has 0 aliphatic carbocycles. The molecule has 4 nitrogen and oxygen atoms in total. The van der Waals surface area contributed by atoms with Crippen molar-refractivity contribution in [2.24, 2.45) is 0 Å². The first-order valence-corrected chi connectivity index (χ1v) is 5.94. The summed E-state index contributed by atoms with van der Waals surface area (Å²) in [5.74, 6) is 0.494. The van der Waals surface area contributed by atoms with Crippen LogP contribution in [0.3, 0.4) is 0 Å². The molecule has 2 aromatic carbocycles. The van der Waals surface area contributed by atoms with E-state index >= 15 is 0 Å². The fourth-order valence-electron chi connectivity index (χ4n) is 1.81. The Bertz CT molecular complexity index is 598. The standard InChI is InChI=1S/C15H15FO4/c1-18-9-20-15-7-10(17)3-5-12(15)13-8-11(19-2)4-6-14(13)16/h3-8,17H,9H2,1-2H3. The Morgan fingerprint density at radius 1 is 1.05 bits per heavy atom. The summed E-state index contributed by atoms with van der Waals surface area (Å²) >= 11 is 0. The summed E-state index contributed by atoms with van der Waals surface area (Å²) in [5, 5.41) is 9.51. The van der Waals surface area contributed by atoms with Gasteiger partial charge in [0.1, 0.15) is 23.1 Å². The van der Waals surface area contributed by atoms with E-state index in [-0.39, 0.29) is 12.5 Å². The Morgan fingerprint density at radius 3 is 2.55 bits per heavy atom. The predicted octanol–water partition coefficient (Wildman–Crippen LogP) is 3.19. The second-order valence-corrected chi connectivity index (χ2v) is 4.08. The molecule has 0 amide bonds. The first-order chi connectivity index (χ1) is 9.65. The van der Waals surface area contributed by atoms with Gasteiger partial charge in [0.05, 0.1) is 7.11 Å². The van der Waals surface area contributed by atoms with Gasteiger partial charge in [-0.3, -0.25) is 0 Å². The lowest BCUT2D eigenvalue weighted by Crippen LogP contribution is -2.00. The molecular formula is C15H15FO4. The van der Waals surface area contributed by atoms with Crippen molar-refractivity contribution in [2.45, 2.75) is 0 Å². The quantitative estimate of drug-likeness (QED) is 0.853. The molecule has 0 atom stereocenters. The zero-order valence-corrected chi connectivity index (χ0v) is 11.2. The third kappa shape index (κ3) is 3.00. The Morgan fingerprint density at radius 2 is 1.85 bits per heavy atom. The molecule has 0 aliphatic rings. The molecule has 0 heterocycles. The van der Waals surface area contributed by atoms with Crippen molar-refractivity contribution in [2.75, 3.05) is 21.0 Å². The van der Waals surface area contributed by atoms with Crippen LogP contribution in [0.5, 0.6) is 17.2 Å². The minimum atomic E-state index is -0.404. The number of phenolic OH excluding ortho intramolecular Hbond substituents is 1. The van der Waals surface area contributed by atoms with Crippen molar-refractivity contribution in [3.63, 3.8) is 0 Å². The van der Waals surface area contributed by atoms with Crippen LogP contribution in [0.1, 0.15) is 0 Å². The van der Waals surface area contributed by atoms with E-state index in [0.29, 0.717) is 22.6 Å². The van der Waals surface area contributed by atoms with Crippen molar-refractivity contribution < 1.29 is 23.7 Å². The van der Waals surface area contributed by atoms with E-state index in [1.165, 1.54) is 38.5 Å². The molecule has 2 rings (SSSR count). The summed E-state index contributed by atoms with van der Waals surface area (Å²) in [4.78, 5) is 0. The molecule has 0 aliphatic heterocycles. The van der Waals surface area contributed by atoms with Crippen molar-refractivity contribution >= 4 is 0 Å². The van der Waals surface area contributed by atoms with Crippen LogP contribution in [-0.4, -0.2) is 26.1 Å². The number of hydrogen-bond acceptors (Lipinski definition) is 4. The molecular weight excluding hydrogens is 263 g/mol. The Hall–Kier alpha value is -2.27. The van der Waals surface area contributed by atoms with Crippen LogP contribution >= 0.6 is 0 Å². The van der Waals surface area contributed by atoms with E-state index in [1.807, 2.05) is 0 Å². The molecule has 0 fully saturated rings. The molecule has 0 bridgehead atoms. The van der Waals surface area contributed by atoms with Gasteiger partial charge in [0.2, 0.25) is 0 Å². The first kappa shape index (κ1) is 14.1. The number of rotatable bonds is 5. The number of ether oxygens (including phenoxy) is 3.